The summed E-state index contributed by atoms with van der Waals surface area (Å²) >= 11 is 1.82. The number of hydrogen-bond donors (Lipinski definition) is 0. The first-order valence-corrected chi connectivity index (χ1v) is 20.3. The van der Waals surface area contributed by atoms with Crippen LogP contribution in [0.1, 0.15) is 27.8 Å². The van der Waals surface area contributed by atoms with Crippen molar-refractivity contribution in [1.82, 2.24) is 9.97 Å². The van der Waals surface area contributed by atoms with Crippen molar-refractivity contribution in [2.75, 3.05) is 0 Å². The first-order valence-electron chi connectivity index (χ1n) is 19.5. The zero-order valence-electron chi connectivity index (χ0n) is 31.3. The normalized spacial score (nSPS) is 12.9. The molecule has 0 fully saturated rings. The van der Waals surface area contributed by atoms with Gasteiger partial charge in [-0.3, -0.25) is 0 Å². The largest absolute Gasteiger partial charge is 0.228 e. The van der Waals surface area contributed by atoms with Gasteiger partial charge in [-0.15, -0.1) is 0 Å². The summed E-state index contributed by atoms with van der Waals surface area (Å²) in [5.74, 6) is 0.705. The van der Waals surface area contributed by atoms with Crippen LogP contribution in [0.4, 0.5) is 0 Å². The van der Waals surface area contributed by atoms with Gasteiger partial charge in [-0.05, 0) is 79.9 Å². The summed E-state index contributed by atoms with van der Waals surface area (Å²) in [6, 6.07) is 73.2. The molecule has 2 aliphatic rings. The van der Waals surface area contributed by atoms with E-state index in [-0.39, 0.29) is 0 Å². The molecule has 0 saturated heterocycles. The van der Waals surface area contributed by atoms with E-state index in [2.05, 4.69) is 146 Å². The third-order valence-electron chi connectivity index (χ3n) is 11.6. The van der Waals surface area contributed by atoms with Crippen molar-refractivity contribution in [1.29, 1.82) is 5.26 Å². The Labute approximate surface area is 342 Å². The molecular weight excluding hydrogens is 723 g/mol. The van der Waals surface area contributed by atoms with Crippen LogP contribution in [0.15, 0.2) is 210 Å². The highest BCUT2D eigenvalue weighted by Gasteiger charge is 2.50. The molecule has 8 aromatic carbocycles. The van der Waals surface area contributed by atoms with Gasteiger partial charge in [-0.25, -0.2) is 9.97 Å². The molecule has 3 nitrogen and oxygen atoms in total. The lowest BCUT2D eigenvalue weighted by Crippen LogP contribution is -2.32. The van der Waals surface area contributed by atoms with Crippen molar-refractivity contribution in [2.24, 2.45) is 0 Å². The molecule has 0 N–H and O–H groups in total. The van der Waals surface area contributed by atoms with Crippen molar-refractivity contribution in [2.45, 2.75) is 15.2 Å². The lowest BCUT2D eigenvalue weighted by atomic mass is 9.67. The predicted molar refractivity (Wildman–Crippen MR) is 235 cm³/mol. The average molecular weight is 756 g/mol. The van der Waals surface area contributed by atoms with Gasteiger partial charge in [0.15, 0.2) is 5.82 Å². The molecule has 0 radical (unpaired) electrons. The Balaban J connectivity index is 1.04. The monoisotopic (exact) mass is 755 g/mol. The summed E-state index contributed by atoms with van der Waals surface area (Å²) in [7, 11) is 0. The number of nitrogens with zero attached hydrogens (tertiary/aromatic N) is 3. The molecule has 0 bridgehead atoms. The van der Waals surface area contributed by atoms with E-state index in [0.717, 1.165) is 50.3 Å². The van der Waals surface area contributed by atoms with E-state index in [1.807, 2.05) is 72.4 Å². The first kappa shape index (κ1) is 34.0. The summed E-state index contributed by atoms with van der Waals surface area (Å²) in [6.45, 7) is 0. The molecule has 0 unspecified atom stereocenters. The second-order valence-electron chi connectivity index (χ2n) is 14.8. The maximum absolute atomic E-state index is 10.0. The molecule has 11 rings (SSSR count). The summed E-state index contributed by atoms with van der Waals surface area (Å²) in [5, 5.41) is 10.0. The molecule has 58 heavy (non-hydrogen) atoms. The Bertz CT molecular complexity index is 2990. The lowest BCUT2D eigenvalue weighted by Gasteiger charge is -2.40. The van der Waals surface area contributed by atoms with Crippen molar-refractivity contribution in [3.8, 4) is 73.4 Å². The Hall–Kier alpha value is -7.32. The van der Waals surface area contributed by atoms with Crippen molar-refractivity contribution in [3.63, 3.8) is 0 Å². The second-order valence-corrected chi connectivity index (χ2v) is 15.9. The number of fused-ring (bicyclic) bond motifs is 9. The first-order chi connectivity index (χ1) is 28.7. The molecule has 0 amide bonds. The third kappa shape index (κ3) is 5.36. The maximum Gasteiger partial charge on any atom is 0.160 e. The van der Waals surface area contributed by atoms with Crippen LogP contribution in [-0.4, -0.2) is 9.97 Å². The summed E-state index contributed by atoms with van der Waals surface area (Å²) in [6.07, 6.45) is 0. The molecule has 0 atom stereocenters. The number of hydrogen-bond acceptors (Lipinski definition) is 4. The molecule has 1 aliphatic carbocycles. The number of nitriles is 1. The standard InChI is InChI=1S/C54H33N3S/c55-34-41-17-7-8-18-42(41)40-28-30-48-52(32-40)58-51-31-39(27-29-47(51)54(48)45-21-11-9-19-43(45)44-20-10-12-22-46(44)54)35-23-25-37(26-24-35)50-33-49(36-13-3-1-4-14-36)56-53(57-50)38-15-5-2-6-16-38/h1-33H. The van der Waals surface area contributed by atoms with Gasteiger partial charge in [0.05, 0.1) is 28.4 Å². The van der Waals surface area contributed by atoms with Gasteiger partial charge < -0.3 is 0 Å². The smallest absolute Gasteiger partial charge is 0.160 e. The fraction of sp³-hybridized carbons (Fsp3) is 0.0185. The van der Waals surface area contributed by atoms with E-state index < -0.39 is 5.41 Å². The van der Waals surface area contributed by atoms with Crippen LogP contribution in [0.3, 0.4) is 0 Å². The van der Waals surface area contributed by atoms with Gasteiger partial charge in [0, 0.05) is 26.5 Å². The average Bonchev–Trinajstić information content (AvgIpc) is 3.59. The minimum atomic E-state index is -0.487. The molecule has 4 heteroatoms. The minimum Gasteiger partial charge on any atom is -0.228 e. The number of benzene rings is 8. The van der Waals surface area contributed by atoms with Gasteiger partial charge in [0.2, 0.25) is 0 Å². The molecule has 1 aromatic heterocycles. The summed E-state index contributed by atoms with van der Waals surface area (Å²) in [5.41, 5.74) is 17.0. The van der Waals surface area contributed by atoms with E-state index >= 15 is 0 Å². The highest BCUT2D eigenvalue weighted by atomic mass is 32.2. The van der Waals surface area contributed by atoms with Crippen LogP contribution in [0.2, 0.25) is 0 Å². The van der Waals surface area contributed by atoms with E-state index in [1.54, 1.807) is 0 Å². The zero-order valence-corrected chi connectivity index (χ0v) is 32.1. The Morgan fingerprint density at radius 2 is 0.845 bits per heavy atom. The van der Waals surface area contributed by atoms with Crippen LogP contribution in [0.25, 0.3) is 67.3 Å². The third-order valence-corrected chi connectivity index (χ3v) is 12.8. The van der Waals surface area contributed by atoms with Crippen LogP contribution in [0, 0.1) is 11.3 Å². The van der Waals surface area contributed by atoms with Crippen molar-refractivity contribution < 1.29 is 0 Å². The molecule has 1 spiro atoms. The van der Waals surface area contributed by atoms with Gasteiger partial charge in [-0.2, -0.15) is 5.26 Å². The minimum absolute atomic E-state index is 0.487. The van der Waals surface area contributed by atoms with E-state index in [1.165, 1.54) is 43.2 Å². The van der Waals surface area contributed by atoms with Crippen LogP contribution >= 0.6 is 11.8 Å². The molecule has 270 valence electrons. The van der Waals surface area contributed by atoms with Crippen LogP contribution < -0.4 is 0 Å². The zero-order chi connectivity index (χ0) is 38.6. The highest BCUT2D eigenvalue weighted by molar-refractivity contribution is 7.99. The van der Waals surface area contributed by atoms with E-state index in [9.17, 15) is 5.26 Å². The second kappa shape index (κ2) is 13.7. The van der Waals surface area contributed by atoms with Crippen molar-refractivity contribution in [3.05, 3.63) is 228 Å². The van der Waals surface area contributed by atoms with Crippen LogP contribution in [-0.2, 0) is 5.41 Å². The van der Waals surface area contributed by atoms with Gasteiger partial charge in [-0.1, -0.05) is 188 Å². The fourth-order valence-corrected chi connectivity index (χ4v) is 10.3. The fourth-order valence-electron chi connectivity index (χ4n) is 8.99. The van der Waals surface area contributed by atoms with Gasteiger partial charge in [0.25, 0.3) is 0 Å². The molecule has 1 aliphatic heterocycles. The maximum atomic E-state index is 10.0. The quantitative estimate of drug-likeness (QED) is 0.175. The molecular formula is C54H33N3S. The van der Waals surface area contributed by atoms with Crippen LogP contribution in [0.5, 0.6) is 0 Å². The Morgan fingerprint density at radius 3 is 1.47 bits per heavy atom. The summed E-state index contributed by atoms with van der Waals surface area (Å²) < 4.78 is 0. The topological polar surface area (TPSA) is 49.6 Å². The van der Waals surface area contributed by atoms with E-state index in [4.69, 9.17) is 9.97 Å². The predicted octanol–water partition coefficient (Wildman–Crippen LogP) is 13.5. The molecule has 2 heterocycles. The Morgan fingerprint density at radius 1 is 0.379 bits per heavy atom. The lowest BCUT2D eigenvalue weighted by molar-refractivity contribution is 0.723. The van der Waals surface area contributed by atoms with Crippen molar-refractivity contribution >= 4 is 11.8 Å². The SMILES string of the molecule is N#Cc1ccccc1-c1ccc2c(c1)Sc1cc(-c3ccc(-c4cc(-c5ccccc5)nc(-c5ccccc5)n4)cc3)ccc1C21c2ccccc2-c2ccccc21. The van der Waals surface area contributed by atoms with Gasteiger partial charge >= 0.3 is 0 Å². The Kier molecular flexibility index (Phi) is 8.03. The highest BCUT2D eigenvalue weighted by Crippen LogP contribution is 2.62. The van der Waals surface area contributed by atoms with E-state index in [0.29, 0.717) is 11.4 Å². The number of rotatable bonds is 5. The summed E-state index contributed by atoms with van der Waals surface area (Å²) in [4.78, 5) is 12.5. The number of aromatic nitrogens is 2. The van der Waals surface area contributed by atoms with Gasteiger partial charge in [0.1, 0.15) is 0 Å². The molecule has 9 aromatic rings. The molecule has 0 saturated carbocycles.